The molecule has 0 unspecified atom stereocenters. The highest BCUT2D eigenvalue weighted by atomic mass is 16.5. The maximum atomic E-state index is 12.3. The van der Waals surface area contributed by atoms with Gasteiger partial charge < -0.3 is 4.74 Å². The van der Waals surface area contributed by atoms with Crippen LogP contribution < -0.4 is 0 Å². The molecule has 2 aromatic carbocycles. The van der Waals surface area contributed by atoms with Crippen molar-refractivity contribution in [2.75, 3.05) is 0 Å². The molecule has 0 aliphatic heterocycles. The van der Waals surface area contributed by atoms with Gasteiger partial charge in [0.25, 0.3) is 0 Å². The molecule has 1 heterocycles. The molecule has 0 aliphatic rings. The van der Waals surface area contributed by atoms with Crippen molar-refractivity contribution < 1.29 is 9.53 Å². The Morgan fingerprint density at radius 3 is 2.00 bits per heavy atom. The fourth-order valence-electron chi connectivity index (χ4n) is 2.29. The van der Waals surface area contributed by atoms with Crippen LogP contribution in [0.1, 0.15) is 27.6 Å². The SMILES string of the molecule is Cn1cc(C(=O)OC(c2ccccc2)c2ccccc2)cn1. The van der Waals surface area contributed by atoms with Crippen molar-refractivity contribution in [2.45, 2.75) is 6.10 Å². The Morgan fingerprint density at radius 1 is 1.00 bits per heavy atom. The first-order chi connectivity index (χ1) is 10.7. The third kappa shape index (κ3) is 3.06. The molecule has 0 saturated heterocycles. The summed E-state index contributed by atoms with van der Waals surface area (Å²) in [6.45, 7) is 0. The van der Waals surface area contributed by atoms with Crippen LogP contribution in [0.25, 0.3) is 0 Å². The largest absolute Gasteiger partial charge is 0.449 e. The Kier molecular flexibility index (Phi) is 4.01. The van der Waals surface area contributed by atoms with E-state index in [1.54, 1.807) is 17.9 Å². The van der Waals surface area contributed by atoms with Crippen LogP contribution >= 0.6 is 0 Å². The van der Waals surface area contributed by atoms with Crippen LogP contribution in [0.3, 0.4) is 0 Å². The van der Waals surface area contributed by atoms with Crippen LogP contribution in [0.2, 0.25) is 0 Å². The van der Waals surface area contributed by atoms with E-state index in [4.69, 9.17) is 4.74 Å². The molecule has 0 bridgehead atoms. The summed E-state index contributed by atoms with van der Waals surface area (Å²) in [6, 6.07) is 19.4. The number of aryl methyl sites for hydroxylation is 1. The summed E-state index contributed by atoms with van der Waals surface area (Å²) in [7, 11) is 1.77. The molecular formula is C18H16N2O2. The summed E-state index contributed by atoms with van der Waals surface area (Å²) in [5, 5.41) is 4.01. The first-order valence-corrected chi connectivity index (χ1v) is 7.03. The van der Waals surface area contributed by atoms with Gasteiger partial charge in [-0.2, -0.15) is 5.10 Å². The van der Waals surface area contributed by atoms with Gasteiger partial charge in [0.15, 0.2) is 6.10 Å². The van der Waals surface area contributed by atoms with Crippen LogP contribution in [0.15, 0.2) is 73.1 Å². The Balaban J connectivity index is 1.91. The lowest BCUT2D eigenvalue weighted by molar-refractivity contribution is 0.0378. The standard InChI is InChI=1S/C18H16N2O2/c1-20-13-16(12-19-20)18(21)22-17(14-8-4-2-5-9-14)15-10-6-3-7-11-15/h2-13,17H,1H3. The van der Waals surface area contributed by atoms with Crippen LogP contribution in [-0.4, -0.2) is 15.7 Å². The van der Waals surface area contributed by atoms with E-state index in [2.05, 4.69) is 5.10 Å². The summed E-state index contributed by atoms with van der Waals surface area (Å²) >= 11 is 0. The second-order valence-electron chi connectivity index (χ2n) is 5.01. The lowest BCUT2D eigenvalue weighted by Gasteiger charge is -2.18. The number of hydrogen-bond donors (Lipinski definition) is 0. The summed E-state index contributed by atoms with van der Waals surface area (Å²) in [6.07, 6.45) is 2.72. The predicted octanol–water partition coefficient (Wildman–Crippen LogP) is 3.37. The van der Waals surface area contributed by atoms with Crippen LogP contribution in [0.5, 0.6) is 0 Å². The highest BCUT2D eigenvalue weighted by Gasteiger charge is 2.20. The second-order valence-corrected chi connectivity index (χ2v) is 5.01. The number of ether oxygens (including phenoxy) is 1. The molecule has 4 nitrogen and oxygen atoms in total. The van der Waals surface area contributed by atoms with Gasteiger partial charge in [0, 0.05) is 13.2 Å². The average molecular weight is 292 g/mol. The number of rotatable bonds is 4. The molecule has 22 heavy (non-hydrogen) atoms. The highest BCUT2D eigenvalue weighted by molar-refractivity contribution is 5.89. The fourth-order valence-corrected chi connectivity index (χ4v) is 2.29. The monoisotopic (exact) mass is 292 g/mol. The van der Waals surface area contributed by atoms with E-state index in [0.29, 0.717) is 5.56 Å². The van der Waals surface area contributed by atoms with E-state index in [-0.39, 0.29) is 5.97 Å². The molecule has 0 amide bonds. The van der Waals surface area contributed by atoms with Crippen molar-refractivity contribution in [1.29, 1.82) is 0 Å². The van der Waals surface area contributed by atoms with Gasteiger partial charge in [-0.05, 0) is 11.1 Å². The summed E-state index contributed by atoms with van der Waals surface area (Å²) in [4.78, 5) is 12.3. The number of nitrogens with zero attached hydrogens (tertiary/aromatic N) is 2. The Hall–Kier alpha value is -2.88. The van der Waals surface area contributed by atoms with Crippen molar-refractivity contribution >= 4 is 5.97 Å². The predicted molar refractivity (Wildman–Crippen MR) is 83.4 cm³/mol. The van der Waals surface area contributed by atoms with Gasteiger partial charge in [0.05, 0.1) is 11.8 Å². The minimum Gasteiger partial charge on any atom is -0.449 e. The van der Waals surface area contributed by atoms with Gasteiger partial charge in [0.2, 0.25) is 0 Å². The molecule has 0 spiro atoms. The van der Waals surface area contributed by atoms with E-state index in [1.807, 2.05) is 60.7 Å². The van der Waals surface area contributed by atoms with Crippen molar-refractivity contribution in [2.24, 2.45) is 7.05 Å². The van der Waals surface area contributed by atoms with Gasteiger partial charge in [-0.1, -0.05) is 60.7 Å². The second kappa shape index (κ2) is 6.26. The Labute approximate surface area is 129 Å². The van der Waals surface area contributed by atoms with Gasteiger partial charge in [0.1, 0.15) is 0 Å². The van der Waals surface area contributed by atoms with Crippen molar-refractivity contribution in [3.05, 3.63) is 89.7 Å². The lowest BCUT2D eigenvalue weighted by atomic mass is 10.0. The summed E-state index contributed by atoms with van der Waals surface area (Å²) in [5.41, 5.74) is 2.32. The fraction of sp³-hybridized carbons (Fsp3) is 0.111. The number of esters is 1. The van der Waals surface area contributed by atoms with Crippen LogP contribution in [-0.2, 0) is 11.8 Å². The smallest absolute Gasteiger partial charge is 0.342 e. The third-order valence-electron chi connectivity index (χ3n) is 3.37. The third-order valence-corrected chi connectivity index (χ3v) is 3.37. The zero-order valence-electron chi connectivity index (χ0n) is 12.2. The summed E-state index contributed by atoms with van der Waals surface area (Å²) < 4.78 is 7.31. The molecule has 0 atom stereocenters. The Morgan fingerprint density at radius 2 is 1.55 bits per heavy atom. The van der Waals surface area contributed by atoms with Gasteiger partial charge >= 0.3 is 5.97 Å². The van der Waals surface area contributed by atoms with Gasteiger partial charge in [-0.25, -0.2) is 4.79 Å². The van der Waals surface area contributed by atoms with Crippen molar-refractivity contribution in [3.63, 3.8) is 0 Å². The molecule has 3 aromatic rings. The molecule has 1 aromatic heterocycles. The number of carbonyl (C=O) groups is 1. The zero-order chi connectivity index (χ0) is 15.4. The normalized spacial score (nSPS) is 10.6. The van der Waals surface area contributed by atoms with E-state index in [0.717, 1.165) is 11.1 Å². The molecule has 3 rings (SSSR count). The van der Waals surface area contributed by atoms with E-state index in [1.165, 1.54) is 6.20 Å². The minimum atomic E-state index is -0.435. The van der Waals surface area contributed by atoms with E-state index >= 15 is 0 Å². The molecule has 4 heteroatoms. The molecule has 0 aliphatic carbocycles. The summed E-state index contributed by atoms with van der Waals surface area (Å²) in [5.74, 6) is -0.384. The highest BCUT2D eigenvalue weighted by Crippen LogP contribution is 2.26. The molecule has 0 fully saturated rings. The van der Waals surface area contributed by atoms with E-state index in [9.17, 15) is 4.79 Å². The topological polar surface area (TPSA) is 44.1 Å². The lowest BCUT2D eigenvalue weighted by Crippen LogP contribution is -2.12. The van der Waals surface area contributed by atoms with E-state index < -0.39 is 6.10 Å². The van der Waals surface area contributed by atoms with Crippen LogP contribution in [0.4, 0.5) is 0 Å². The maximum Gasteiger partial charge on any atom is 0.342 e. The van der Waals surface area contributed by atoms with Gasteiger partial charge in [-0.15, -0.1) is 0 Å². The number of hydrogen-bond acceptors (Lipinski definition) is 3. The number of carbonyl (C=O) groups excluding carboxylic acids is 1. The number of benzene rings is 2. The minimum absolute atomic E-state index is 0.384. The first-order valence-electron chi connectivity index (χ1n) is 7.03. The number of aromatic nitrogens is 2. The molecule has 0 saturated carbocycles. The van der Waals surface area contributed by atoms with Crippen LogP contribution in [0, 0.1) is 0 Å². The van der Waals surface area contributed by atoms with Crippen molar-refractivity contribution in [3.8, 4) is 0 Å². The average Bonchev–Trinajstić information content (AvgIpc) is 3.01. The van der Waals surface area contributed by atoms with Gasteiger partial charge in [-0.3, -0.25) is 4.68 Å². The molecule has 110 valence electrons. The Bertz CT molecular complexity index is 712. The quantitative estimate of drug-likeness (QED) is 0.693. The zero-order valence-corrected chi connectivity index (χ0v) is 12.2. The first kappa shape index (κ1) is 14.1. The maximum absolute atomic E-state index is 12.3. The molecule has 0 N–H and O–H groups in total. The van der Waals surface area contributed by atoms with Crippen molar-refractivity contribution in [1.82, 2.24) is 9.78 Å². The molecular weight excluding hydrogens is 276 g/mol. The molecule has 0 radical (unpaired) electrons.